The van der Waals surface area contributed by atoms with Gasteiger partial charge in [-0.2, -0.15) is 0 Å². The molecule has 1 aliphatic heterocycles. The fraction of sp³-hybridized carbons (Fsp3) is 0.400. The molecule has 5 N–H and O–H groups in total. The van der Waals surface area contributed by atoms with Crippen molar-refractivity contribution in [2.75, 3.05) is 19.6 Å². The summed E-state index contributed by atoms with van der Waals surface area (Å²) in [6.07, 6.45) is 0. The van der Waals surface area contributed by atoms with Crippen LogP contribution < -0.4 is 10.6 Å². The molecule has 0 aromatic heterocycles. The van der Waals surface area contributed by atoms with Crippen LogP contribution in [0.15, 0.2) is 12.1 Å². The number of hydrogen-bond donors (Lipinski definition) is 5. The van der Waals surface area contributed by atoms with E-state index in [0.717, 1.165) is 25.2 Å². The summed E-state index contributed by atoms with van der Waals surface area (Å²) in [5.74, 6) is -1.06. The van der Waals surface area contributed by atoms with Gasteiger partial charge in [0.2, 0.25) is 0 Å². The van der Waals surface area contributed by atoms with Crippen LogP contribution >= 0.6 is 0 Å². The number of piperazine rings is 1. The minimum atomic E-state index is -0.470. The minimum absolute atomic E-state index is 0.0520. The van der Waals surface area contributed by atoms with Gasteiger partial charge in [-0.05, 0) is 17.7 Å². The van der Waals surface area contributed by atoms with Gasteiger partial charge in [0.15, 0.2) is 17.2 Å². The highest BCUT2D eigenvalue weighted by Crippen LogP contribution is 2.37. The maximum absolute atomic E-state index is 9.35. The Labute approximate surface area is 87.4 Å². The Hall–Kier alpha value is -1.46. The van der Waals surface area contributed by atoms with Crippen LogP contribution in [0.5, 0.6) is 17.2 Å². The van der Waals surface area contributed by atoms with Gasteiger partial charge in [0.25, 0.3) is 0 Å². The molecule has 1 unspecified atom stereocenters. The first-order chi connectivity index (χ1) is 7.18. The molecule has 1 atom stereocenters. The molecule has 5 heteroatoms. The monoisotopic (exact) mass is 210 g/mol. The van der Waals surface area contributed by atoms with Crippen molar-refractivity contribution in [2.24, 2.45) is 0 Å². The van der Waals surface area contributed by atoms with Crippen LogP contribution in [-0.4, -0.2) is 35.0 Å². The fourth-order valence-corrected chi connectivity index (χ4v) is 1.72. The molecular formula is C10H14N2O3. The second kappa shape index (κ2) is 3.96. The van der Waals surface area contributed by atoms with E-state index in [1.165, 1.54) is 12.1 Å². The molecule has 0 saturated carbocycles. The van der Waals surface area contributed by atoms with Gasteiger partial charge < -0.3 is 26.0 Å². The fourth-order valence-electron chi connectivity index (χ4n) is 1.72. The van der Waals surface area contributed by atoms with E-state index < -0.39 is 5.75 Å². The lowest BCUT2D eigenvalue weighted by Gasteiger charge is -2.25. The standard InChI is InChI=1S/C10H14N2O3/c13-8-3-6(4-9(14)10(8)15)7-5-11-1-2-12-7/h3-4,7,11-15H,1-2,5H2. The number of phenols is 3. The molecule has 0 spiro atoms. The highest BCUT2D eigenvalue weighted by molar-refractivity contribution is 5.51. The summed E-state index contributed by atoms with van der Waals surface area (Å²) in [4.78, 5) is 0. The molecule has 15 heavy (non-hydrogen) atoms. The lowest BCUT2D eigenvalue weighted by atomic mass is 10.0. The molecule has 1 aliphatic rings. The Morgan fingerprint density at radius 1 is 1.07 bits per heavy atom. The number of aromatic hydroxyl groups is 3. The second-order valence-electron chi connectivity index (χ2n) is 3.62. The lowest BCUT2D eigenvalue weighted by molar-refractivity contribution is 0.363. The lowest BCUT2D eigenvalue weighted by Crippen LogP contribution is -2.42. The van der Waals surface area contributed by atoms with Crippen molar-refractivity contribution in [3.8, 4) is 17.2 Å². The van der Waals surface area contributed by atoms with E-state index in [4.69, 9.17) is 0 Å². The van der Waals surface area contributed by atoms with Gasteiger partial charge in [0.1, 0.15) is 0 Å². The third-order valence-corrected chi connectivity index (χ3v) is 2.54. The number of hydrogen-bond acceptors (Lipinski definition) is 5. The van der Waals surface area contributed by atoms with Crippen LogP contribution in [0, 0.1) is 0 Å². The van der Waals surface area contributed by atoms with E-state index in [1.54, 1.807) is 0 Å². The third kappa shape index (κ3) is 1.98. The maximum Gasteiger partial charge on any atom is 0.200 e. The molecule has 1 aromatic rings. The molecule has 1 aromatic carbocycles. The molecular weight excluding hydrogens is 196 g/mol. The quantitative estimate of drug-likeness (QED) is 0.422. The normalized spacial score (nSPS) is 21.5. The van der Waals surface area contributed by atoms with Crippen LogP contribution in [0.2, 0.25) is 0 Å². The predicted molar refractivity (Wildman–Crippen MR) is 55.0 cm³/mol. The van der Waals surface area contributed by atoms with Crippen LogP contribution in [0.1, 0.15) is 11.6 Å². The van der Waals surface area contributed by atoms with Crippen LogP contribution in [-0.2, 0) is 0 Å². The molecule has 0 bridgehead atoms. The van der Waals surface area contributed by atoms with Crippen molar-refractivity contribution >= 4 is 0 Å². The minimum Gasteiger partial charge on any atom is -0.504 e. The number of benzene rings is 1. The molecule has 82 valence electrons. The van der Waals surface area contributed by atoms with Crippen LogP contribution in [0.25, 0.3) is 0 Å². The highest BCUT2D eigenvalue weighted by Gasteiger charge is 2.17. The molecule has 0 aliphatic carbocycles. The highest BCUT2D eigenvalue weighted by atomic mass is 16.3. The summed E-state index contributed by atoms with van der Waals surface area (Å²) in [5.41, 5.74) is 0.759. The van der Waals surface area contributed by atoms with Gasteiger partial charge >= 0.3 is 0 Å². The molecule has 1 fully saturated rings. The van der Waals surface area contributed by atoms with Gasteiger partial charge in [0.05, 0.1) is 0 Å². The van der Waals surface area contributed by atoms with Gasteiger partial charge in [0, 0.05) is 25.7 Å². The van der Waals surface area contributed by atoms with E-state index in [9.17, 15) is 15.3 Å². The zero-order valence-electron chi connectivity index (χ0n) is 8.20. The average molecular weight is 210 g/mol. The van der Waals surface area contributed by atoms with Crippen molar-refractivity contribution in [3.63, 3.8) is 0 Å². The molecule has 1 saturated heterocycles. The first kappa shape index (κ1) is 10.1. The Morgan fingerprint density at radius 2 is 1.73 bits per heavy atom. The van der Waals surface area contributed by atoms with Gasteiger partial charge in [-0.3, -0.25) is 0 Å². The summed E-state index contributed by atoms with van der Waals surface area (Å²) >= 11 is 0. The average Bonchev–Trinajstić information content (AvgIpc) is 2.26. The predicted octanol–water partition coefficient (Wildman–Crippen LogP) is 0.0373. The van der Waals surface area contributed by atoms with E-state index in [2.05, 4.69) is 10.6 Å². The molecule has 2 rings (SSSR count). The summed E-state index contributed by atoms with van der Waals surface area (Å²) in [6.45, 7) is 2.49. The van der Waals surface area contributed by atoms with Crippen LogP contribution in [0.4, 0.5) is 0 Å². The zero-order chi connectivity index (χ0) is 10.8. The summed E-state index contributed by atoms with van der Waals surface area (Å²) < 4.78 is 0. The van der Waals surface area contributed by atoms with Crippen molar-refractivity contribution in [3.05, 3.63) is 17.7 Å². The Kier molecular flexibility index (Phi) is 2.66. The topological polar surface area (TPSA) is 84.8 Å². The Balaban J connectivity index is 2.27. The van der Waals surface area contributed by atoms with Gasteiger partial charge in [-0.1, -0.05) is 0 Å². The second-order valence-corrected chi connectivity index (χ2v) is 3.62. The largest absolute Gasteiger partial charge is 0.504 e. The van der Waals surface area contributed by atoms with Crippen molar-refractivity contribution in [2.45, 2.75) is 6.04 Å². The maximum atomic E-state index is 9.35. The Morgan fingerprint density at radius 3 is 2.27 bits per heavy atom. The third-order valence-electron chi connectivity index (χ3n) is 2.54. The van der Waals surface area contributed by atoms with Crippen molar-refractivity contribution in [1.29, 1.82) is 0 Å². The van der Waals surface area contributed by atoms with Gasteiger partial charge in [-0.25, -0.2) is 0 Å². The SMILES string of the molecule is Oc1cc(C2CNCCN2)cc(O)c1O. The van der Waals surface area contributed by atoms with E-state index in [-0.39, 0.29) is 17.5 Å². The van der Waals surface area contributed by atoms with Crippen molar-refractivity contribution in [1.82, 2.24) is 10.6 Å². The summed E-state index contributed by atoms with van der Waals surface area (Å²) in [7, 11) is 0. The zero-order valence-corrected chi connectivity index (χ0v) is 8.20. The molecule has 0 radical (unpaired) electrons. The van der Waals surface area contributed by atoms with E-state index >= 15 is 0 Å². The smallest absolute Gasteiger partial charge is 0.200 e. The Bertz CT molecular complexity index is 339. The van der Waals surface area contributed by atoms with Gasteiger partial charge in [-0.15, -0.1) is 0 Å². The molecule has 0 amide bonds. The summed E-state index contributed by atoms with van der Waals surface area (Å²) in [5, 5.41) is 34.3. The number of phenolic OH excluding ortho intramolecular Hbond substituents is 3. The summed E-state index contributed by atoms with van der Waals surface area (Å²) in [6, 6.07) is 2.97. The van der Waals surface area contributed by atoms with E-state index in [1.807, 2.05) is 0 Å². The van der Waals surface area contributed by atoms with E-state index in [0.29, 0.717) is 0 Å². The number of nitrogens with one attached hydrogen (secondary N) is 2. The van der Waals surface area contributed by atoms with Crippen molar-refractivity contribution < 1.29 is 15.3 Å². The molecule has 5 nitrogen and oxygen atoms in total. The van der Waals surface area contributed by atoms with Crippen LogP contribution in [0.3, 0.4) is 0 Å². The molecule has 1 heterocycles. The first-order valence-corrected chi connectivity index (χ1v) is 4.87. The number of rotatable bonds is 1. The first-order valence-electron chi connectivity index (χ1n) is 4.87.